The van der Waals surface area contributed by atoms with E-state index in [0.29, 0.717) is 0 Å². The second-order valence-corrected chi connectivity index (χ2v) is 4.71. The standard InChI is InChI=1S/C14H18N4/c15-13-6-9-17(10-11-18-8-3-7-16-18)14-5-2-1-4-12(13)14/h1-5,7-8,13H,6,9-11,15H2. The molecule has 0 fully saturated rings. The van der Waals surface area contributed by atoms with Crippen molar-refractivity contribution in [1.82, 2.24) is 9.78 Å². The summed E-state index contributed by atoms with van der Waals surface area (Å²) < 4.78 is 1.97. The van der Waals surface area contributed by atoms with Crippen molar-refractivity contribution >= 4 is 5.69 Å². The van der Waals surface area contributed by atoms with Crippen LogP contribution in [0, 0.1) is 0 Å². The number of rotatable bonds is 3. The lowest BCUT2D eigenvalue weighted by Gasteiger charge is -2.34. The molecule has 2 heterocycles. The molecule has 2 N–H and O–H groups in total. The normalized spacial score (nSPS) is 18.7. The van der Waals surface area contributed by atoms with Crippen LogP contribution in [0.5, 0.6) is 0 Å². The lowest BCUT2D eigenvalue weighted by molar-refractivity contribution is 0.547. The third-order valence-electron chi connectivity index (χ3n) is 3.55. The highest BCUT2D eigenvalue weighted by molar-refractivity contribution is 5.56. The van der Waals surface area contributed by atoms with Crippen LogP contribution in [-0.2, 0) is 6.54 Å². The molecule has 0 aliphatic carbocycles. The topological polar surface area (TPSA) is 47.1 Å². The average Bonchev–Trinajstić information content (AvgIpc) is 2.92. The van der Waals surface area contributed by atoms with Gasteiger partial charge in [-0.2, -0.15) is 5.10 Å². The molecule has 0 bridgehead atoms. The quantitative estimate of drug-likeness (QED) is 0.892. The molecule has 1 aliphatic heterocycles. The van der Waals surface area contributed by atoms with Gasteiger partial charge < -0.3 is 10.6 Å². The van der Waals surface area contributed by atoms with E-state index in [0.717, 1.165) is 26.1 Å². The Labute approximate surface area is 107 Å². The van der Waals surface area contributed by atoms with E-state index >= 15 is 0 Å². The Balaban J connectivity index is 1.76. The Kier molecular flexibility index (Phi) is 3.02. The molecule has 1 unspecified atom stereocenters. The zero-order chi connectivity index (χ0) is 12.4. The van der Waals surface area contributed by atoms with Gasteiger partial charge in [-0.05, 0) is 24.1 Å². The zero-order valence-electron chi connectivity index (χ0n) is 10.4. The van der Waals surface area contributed by atoms with Crippen LogP contribution in [0.15, 0.2) is 42.7 Å². The number of benzene rings is 1. The molecular weight excluding hydrogens is 224 g/mol. The molecule has 1 aromatic heterocycles. The monoisotopic (exact) mass is 242 g/mol. The molecule has 3 rings (SSSR count). The molecule has 1 aliphatic rings. The number of hydrogen-bond donors (Lipinski definition) is 1. The van der Waals surface area contributed by atoms with Crippen molar-refractivity contribution in [3.8, 4) is 0 Å². The molecule has 0 saturated carbocycles. The number of para-hydroxylation sites is 1. The molecule has 0 saturated heterocycles. The minimum atomic E-state index is 0.183. The molecule has 0 radical (unpaired) electrons. The highest BCUT2D eigenvalue weighted by Gasteiger charge is 2.21. The molecule has 18 heavy (non-hydrogen) atoms. The van der Waals surface area contributed by atoms with Gasteiger partial charge in [0.25, 0.3) is 0 Å². The summed E-state index contributed by atoms with van der Waals surface area (Å²) in [6.45, 7) is 2.92. The van der Waals surface area contributed by atoms with Crippen LogP contribution in [0.1, 0.15) is 18.0 Å². The van der Waals surface area contributed by atoms with Crippen molar-refractivity contribution in [1.29, 1.82) is 0 Å². The third kappa shape index (κ3) is 2.11. The Hall–Kier alpha value is -1.81. The first-order valence-electron chi connectivity index (χ1n) is 6.41. The maximum Gasteiger partial charge on any atom is 0.0584 e. The fraction of sp³-hybridized carbons (Fsp3) is 0.357. The fourth-order valence-electron chi connectivity index (χ4n) is 2.55. The Morgan fingerprint density at radius 2 is 2.11 bits per heavy atom. The second-order valence-electron chi connectivity index (χ2n) is 4.71. The first-order valence-corrected chi connectivity index (χ1v) is 6.41. The van der Waals surface area contributed by atoms with E-state index in [4.69, 9.17) is 5.73 Å². The van der Waals surface area contributed by atoms with Gasteiger partial charge in [-0.3, -0.25) is 4.68 Å². The predicted octanol–water partition coefficient (Wildman–Crippen LogP) is 1.79. The Bertz CT molecular complexity index is 506. The van der Waals surface area contributed by atoms with Crippen LogP contribution in [-0.4, -0.2) is 22.9 Å². The first kappa shape index (κ1) is 11.3. The predicted molar refractivity (Wildman–Crippen MR) is 72.4 cm³/mol. The number of anilines is 1. The lowest BCUT2D eigenvalue weighted by atomic mass is 9.97. The minimum Gasteiger partial charge on any atom is -0.369 e. The lowest BCUT2D eigenvalue weighted by Crippen LogP contribution is -2.35. The van der Waals surface area contributed by atoms with Gasteiger partial charge in [0.05, 0.1) is 6.54 Å². The number of hydrogen-bond acceptors (Lipinski definition) is 3. The summed E-state index contributed by atoms with van der Waals surface area (Å²) in [4.78, 5) is 2.40. The molecular formula is C14H18N4. The summed E-state index contributed by atoms with van der Waals surface area (Å²) >= 11 is 0. The average molecular weight is 242 g/mol. The van der Waals surface area contributed by atoms with E-state index in [1.54, 1.807) is 0 Å². The highest BCUT2D eigenvalue weighted by atomic mass is 15.3. The van der Waals surface area contributed by atoms with Crippen molar-refractivity contribution < 1.29 is 0 Å². The summed E-state index contributed by atoms with van der Waals surface area (Å²) in [7, 11) is 0. The molecule has 1 aromatic carbocycles. The van der Waals surface area contributed by atoms with Crippen LogP contribution < -0.4 is 10.6 Å². The summed E-state index contributed by atoms with van der Waals surface area (Å²) in [6, 6.07) is 10.6. The maximum atomic E-state index is 6.16. The van der Waals surface area contributed by atoms with Crippen LogP contribution in [0.25, 0.3) is 0 Å². The molecule has 0 spiro atoms. The van der Waals surface area contributed by atoms with Crippen molar-refractivity contribution in [3.63, 3.8) is 0 Å². The van der Waals surface area contributed by atoms with Gasteiger partial charge >= 0.3 is 0 Å². The van der Waals surface area contributed by atoms with Crippen LogP contribution in [0.2, 0.25) is 0 Å². The summed E-state index contributed by atoms with van der Waals surface area (Å²) in [5, 5.41) is 4.24. The molecule has 4 nitrogen and oxygen atoms in total. The number of fused-ring (bicyclic) bond motifs is 1. The Morgan fingerprint density at radius 1 is 1.22 bits per heavy atom. The molecule has 1 atom stereocenters. The van der Waals surface area contributed by atoms with Gasteiger partial charge in [0, 0.05) is 37.2 Å². The smallest absolute Gasteiger partial charge is 0.0584 e. The third-order valence-corrected chi connectivity index (χ3v) is 3.55. The van der Waals surface area contributed by atoms with Crippen LogP contribution in [0.3, 0.4) is 0 Å². The largest absolute Gasteiger partial charge is 0.369 e. The van der Waals surface area contributed by atoms with Gasteiger partial charge in [-0.25, -0.2) is 0 Å². The molecule has 4 heteroatoms. The number of aromatic nitrogens is 2. The number of nitrogens with zero attached hydrogens (tertiary/aromatic N) is 3. The van der Waals surface area contributed by atoms with Crippen molar-refractivity contribution in [2.45, 2.75) is 19.0 Å². The van der Waals surface area contributed by atoms with Gasteiger partial charge in [0.1, 0.15) is 0 Å². The van der Waals surface area contributed by atoms with E-state index in [1.165, 1.54) is 11.3 Å². The summed E-state index contributed by atoms with van der Waals surface area (Å²) in [6.07, 6.45) is 4.85. The van der Waals surface area contributed by atoms with Crippen molar-refractivity contribution in [2.24, 2.45) is 5.73 Å². The van der Waals surface area contributed by atoms with Crippen molar-refractivity contribution in [2.75, 3.05) is 18.0 Å². The molecule has 94 valence electrons. The number of nitrogens with two attached hydrogens (primary N) is 1. The van der Waals surface area contributed by atoms with Crippen molar-refractivity contribution in [3.05, 3.63) is 48.3 Å². The fourth-order valence-corrected chi connectivity index (χ4v) is 2.55. The second kappa shape index (κ2) is 4.82. The molecule has 0 amide bonds. The molecule has 2 aromatic rings. The van der Waals surface area contributed by atoms with Gasteiger partial charge in [-0.1, -0.05) is 18.2 Å². The highest BCUT2D eigenvalue weighted by Crippen LogP contribution is 2.31. The summed E-state index contributed by atoms with van der Waals surface area (Å²) in [5.74, 6) is 0. The SMILES string of the molecule is NC1CCN(CCn2cccn2)c2ccccc21. The first-order chi connectivity index (χ1) is 8.84. The van der Waals surface area contributed by atoms with Crippen LogP contribution in [0.4, 0.5) is 5.69 Å². The van der Waals surface area contributed by atoms with Crippen LogP contribution >= 0.6 is 0 Å². The minimum absolute atomic E-state index is 0.183. The van der Waals surface area contributed by atoms with E-state index < -0.39 is 0 Å². The van der Waals surface area contributed by atoms with Gasteiger partial charge in [0.15, 0.2) is 0 Å². The summed E-state index contributed by atoms with van der Waals surface area (Å²) in [5.41, 5.74) is 8.70. The zero-order valence-corrected chi connectivity index (χ0v) is 10.4. The van der Waals surface area contributed by atoms with Gasteiger partial charge in [0.2, 0.25) is 0 Å². The maximum absolute atomic E-state index is 6.16. The Morgan fingerprint density at radius 3 is 2.94 bits per heavy atom. The van der Waals surface area contributed by atoms with E-state index in [2.05, 4.69) is 34.3 Å². The van der Waals surface area contributed by atoms with E-state index in [9.17, 15) is 0 Å². The van der Waals surface area contributed by atoms with E-state index in [1.807, 2.05) is 23.1 Å². The van der Waals surface area contributed by atoms with Gasteiger partial charge in [-0.15, -0.1) is 0 Å². The van der Waals surface area contributed by atoms with E-state index in [-0.39, 0.29) is 6.04 Å².